The van der Waals surface area contributed by atoms with Crippen molar-refractivity contribution in [3.63, 3.8) is 0 Å². The predicted molar refractivity (Wildman–Crippen MR) is 86.6 cm³/mol. The molecule has 2 unspecified atom stereocenters. The summed E-state index contributed by atoms with van der Waals surface area (Å²) in [5, 5.41) is 13.4. The van der Waals surface area contributed by atoms with Crippen molar-refractivity contribution in [2.24, 2.45) is 5.92 Å². The SMILES string of the molecule is CC(CNC1CCCc2cc(O)ccc21)CN1CCCC1. The number of nitrogens with one attached hydrogen (secondary N) is 1. The third-order valence-corrected chi connectivity index (χ3v) is 4.92. The van der Waals surface area contributed by atoms with E-state index in [9.17, 15) is 5.11 Å². The normalized spacial score (nSPS) is 24.0. The third kappa shape index (κ3) is 3.78. The fourth-order valence-corrected chi connectivity index (χ4v) is 3.83. The molecule has 0 bridgehead atoms. The van der Waals surface area contributed by atoms with Gasteiger partial charge < -0.3 is 15.3 Å². The van der Waals surface area contributed by atoms with E-state index in [0.717, 1.165) is 13.0 Å². The molecule has 3 rings (SSSR count). The maximum atomic E-state index is 9.63. The highest BCUT2D eigenvalue weighted by Crippen LogP contribution is 2.31. The summed E-state index contributed by atoms with van der Waals surface area (Å²) in [7, 11) is 0. The van der Waals surface area contributed by atoms with Gasteiger partial charge in [-0.15, -0.1) is 0 Å². The standard InChI is InChI=1S/C18H28N2O/c1-14(13-20-9-2-3-10-20)12-19-18-6-4-5-15-11-16(21)7-8-17(15)18/h7-8,11,14,18-19,21H,2-6,9-10,12-13H2,1H3. The van der Waals surface area contributed by atoms with Gasteiger partial charge >= 0.3 is 0 Å². The van der Waals surface area contributed by atoms with E-state index in [1.807, 2.05) is 12.1 Å². The topological polar surface area (TPSA) is 35.5 Å². The lowest BCUT2D eigenvalue weighted by atomic mass is 9.87. The van der Waals surface area contributed by atoms with E-state index in [-0.39, 0.29) is 0 Å². The van der Waals surface area contributed by atoms with Crippen LogP contribution < -0.4 is 5.32 Å². The van der Waals surface area contributed by atoms with Crippen LogP contribution in [0.15, 0.2) is 18.2 Å². The molecule has 116 valence electrons. The van der Waals surface area contributed by atoms with Gasteiger partial charge in [-0.2, -0.15) is 0 Å². The summed E-state index contributed by atoms with van der Waals surface area (Å²) in [6.07, 6.45) is 6.29. The van der Waals surface area contributed by atoms with Gasteiger partial charge in [0, 0.05) is 12.6 Å². The van der Waals surface area contributed by atoms with Crippen LogP contribution in [0.4, 0.5) is 0 Å². The molecule has 0 spiro atoms. The monoisotopic (exact) mass is 288 g/mol. The van der Waals surface area contributed by atoms with Gasteiger partial charge in [-0.3, -0.25) is 0 Å². The van der Waals surface area contributed by atoms with Gasteiger partial charge in [-0.25, -0.2) is 0 Å². The van der Waals surface area contributed by atoms with Crippen molar-refractivity contribution in [1.82, 2.24) is 10.2 Å². The minimum atomic E-state index is 0.400. The van der Waals surface area contributed by atoms with Gasteiger partial charge in [0.25, 0.3) is 0 Å². The minimum absolute atomic E-state index is 0.400. The number of likely N-dealkylation sites (tertiary alicyclic amines) is 1. The molecule has 2 atom stereocenters. The number of fused-ring (bicyclic) bond motifs is 1. The molecule has 1 saturated heterocycles. The van der Waals surface area contributed by atoms with Crippen molar-refractivity contribution in [2.75, 3.05) is 26.2 Å². The van der Waals surface area contributed by atoms with E-state index in [1.165, 1.54) is 56.4 Å². The first-order valence-electron chi connectivity index (χ1n) is 8.50. The van der Waals surface area contributed by atoms with E-state index in [2.05, 4.69) is 23.2 Å². The Bertz CT molecular complexity index is 468. The maximum absolute atomic E-state index is 9.63. The van der Waals surface area contributed by atoms with Crippen LogP contribution >= 0.6 is 0 Å². The van der Waals surface area contributed by atoms with Crippen molar-refractivity contribution < 1.29 is 5.11 Å². The van der Waals surface area contributed by atoms with Gasteiger partial charge in [0.2, 0.25) is 0 Å². The Hall–Kier alpha value is -1.06. The van der Waals surface area contributed by atoms with Crippen molar-refractivity contribution >= 4 is 0 Å². The Labute approximate surface area is 128 Å². The number of phenolic OH excluding ortho intramolecular Hbond substituents is 1. The highest BCUT2D eigenvalue weighted by atomic mass is 16.3. The summed E-state index contributed by atoms with van der Waals surface area (Å²) in [6.45, 7) is 7.24. The molecular weight excluding hydrogens is 260 g/mol. The molecule has 0 aromatic heterocycles. The molecule has 3 nitrogen and oxygen atoms in total. The lowest BCUT2D eigenvalue weighted by Crippen LogP contribution is -2.34. The largest absolute Gasteiger partial charge is 0.508 e. The van der Waals surface area contributed by atoms with E-state index >= 15 is 0 Å². The summed E-state index contributed by atoms with van der Waals surface area (Å²) < 4.78 is 0. The first-order chi connectivity index (χ1) is 10.2. The number of aryl methyl sites for hydroxylation is 1. The smallest absolute Gasteiger partial charge is 0.115 e. The highest BCUT2D eigenvalue weighted by Gasteiger charge is 2.21. The maximum Gasteiger partial charge on any atom is 0.115 e. The summed E-state index contributed by atoms with van der Waals surface area (Å²) >= 11 is 0. The van der Waals surface area contributed by atoms with Crippen LogP contribution in [0.2, 0.25) is 0 Å². The zero-order chi connectivity index (χ0) is 14.7. The molecular formula is C18H28N2O. The Kier molecular flexibility index (Phi) is 4.81. The number of hydrogen-bond acceptors (Lipinski definition) is 3. The lowest BCUT2D eigenvalue weighted by molar-refractivity contribution is 0.275. The molecule has 0 amide bonds. The first-order valence-corrected chi connectivity index (χ1v) is 8.50. The van der Waals surface area contributed by atoms with Crippen molar-refractivity contribution in [3.8, 4) is 5.75 Å². The van der Waals surface area contributed by atoms with Crippen LogP contribution in [0, 0.1) is 5.92 Å². The molecule has 2 aliphatic rings. The lowest BCUT2D eigenvalue weighted by Gasteiger charge is -2.29. The molecule has 1 aromatic rings. The molecule has 0 radical (unpaired) electrons. The summed E-state index contributed by atoms with van der Waals surface area (Å²) in [4.78, 5) is 2.60. The second-order valence-electron chi connectivity index (χ2n) is 6.85. The van der Waals surface area contributed by atoms with Crippen molar-refractivity contribution in [3.05, 3.63) is 29.3 Å². The van der Waals surface area contributed by atoms with Crippen LogP contribution in [0.5, 0.6) is 5.75 Å². The molecule has 21 heavy (non-hydrogen) atoms. The van der Waals surface area contributed by atoms with Crippen LogP contribution in [-0.2, 0) is 6.42 Å². The number of phenols is 1. The zero-order valence-electron chi connectivity index (χ0n) is 13.1. The summed E-state index contributed by atoms with van der Waals surface area (Å²) in [5.74, 6) is 1.10. The molecule has 1 heterocycles. The van der Waals surface area contributed by atoms with Crippen LogP contribution in [0.3, 0.4) is 0 Å². The zero-order valence-corrected chi connectivity index (χ0v) is 13.1. The van der Waals surface area contributed by atoms with Gasteiger partial charge in [-0.05, 0) is 80.9 Å². The van der Waals surface area contributed by atoms with Gasteiger partial charge in [0.1, 0.15) is 5.75 Å². The van der Waals surface area contributed by atoms with Gasteiger partial charge in [0.15, 0.2) is 0 Å². The average molecular weight is 288 g/mol. The second kappa shape index (κ2) is 6.80. The molecule has 1 aromatic carbocycles. The first kappa shape index (κ1) is 14.9. The van der Waals surface area contributed by atoms with E-state index in [0.29, 0.717) is 17.7 Å². The van der Waals surface area contributed by atoms with Gasteiger partial charge in [0.05, 0.1) is 0 Å². The highest BCUT2D eigenvalue weighted by molar-refractivity contribution is 5.38. The van der Waals surface area contributed by atoms with Gasteiger partial charge in [-0.1, -0.05) is 13.0 Å². The molecule has 0 saturated carbocycles. The van der Waals surface area contributed by atoms with E-state index < -0.39 is 0 Å². The Morgan fingerprint density at radius 3 is 2.90 bits per heavy atom. The molecule has 1 aliphatic heterocycles. The number of nitrogens with zero attached hydrogens (tertiary/aromatic N) is 1. The second-order valence-corrected chi connectivity index (χ2v) is 6.85. The van der Waals surface area contributed by atoms with E-state index in [1.54, 1.807) is 0 Å². The third-order valence-electron chi connectivity index (χ3n) is 4.92. The quantitative estimate of drug-likeness (QED) is 0.874. The fourth-order valence-electron chi connectivity index (χ4n) is 3.83. The van der Waals surface area contributed by atoms with E-state index in [4.69, 9.17) is 0 Å². The molecule has 1 fully saturated rings. The van der Waals surface area contributed by atoms with Crippen LogP contribution in [0.1, 0.15) is 49.8 Å². The molecule has 2 N–H and O–H groups in total. The molecule has 1 aliphatic carbocycles. The van der Waals surface area contributed by atoms with Crippen molar-refractivity contribution in [1.29, 1.82) is 0 Å². The summed E-state index contributed by atoms with van der Waals surface area (Å²) in [5.41, 5.74) is 2.72. The summed E-state index contributed by atoms with van der Waals surface area (Å²) in [6, 6.07) is 6.34. The predicted octanol–water partition coefficient (Wildman–Crippen LogP) is 3.09. The number of hydrogen-bond donors (Lipinski definition) is 2. The molecule has 3 heteroatoms. The fraction of sp³-hybridized carbons (Fsp3) is 0.667. The number of aromatic hydroxyl groups is 1. The Balaban J connectivity index is 1.54. The number of rotatable bonds is 5. The van der Waals surface area contributed by atoms with Crippen molar-refractivity contribution in [2.45, 2.75) is 45.1 Å². The average Bonchev–Trinajstić information content (AvgIpc) is 2.97. The number of benzene rings is 1. The van der Waals surface area contributed by atoms with Crippen LogP contribution in [0.25, 0.3) is 0 Å². The van der Waals surface area contributed by atoms with Crippen LogP contribution in [-0.4, -0.2) is 36.2 Å². The Morgan fingerprint density at radius 1 is 1.29 bits per heavy atom. The minimum Gasteiger partial charge on any atom is -0.508 e. The Morgan fingerprint density at radius 2 is 2.10 bits per heavy atom.